The van der Waals surface area contributed by atoms with Crippen LogP contribution in [0.3, 0.4) is 0 Å². The van der Waals surface area contributed by atoms with Gasteiger partial charge < -0.3 is 4.90 Å². The van der Waals surface area contributed by atoms with Gasteiger partial charge in [0.2, 0.25) is 0 Å². The summed E-state index contributed by atoms with van der Waals surface area (Å²) < 4.78 is 0. The van der Waals surface area contributed by atoms with E-state index in [4.69, 9.17) is 0 Å². The van der Waals surface area contributed by atoms with Crippen LogP contribution in [0.5, 0.6) is 0 Å². The predicted molar refractivity (Wildman–Crippen MR) is 51.8 cm³/mol. The van der Waals surface area contributed by atoms with Gasteiger partial charge in [-0.1, -0.05) is 31.9 Å². The van der Waals surface area contributed by atoms with Crippen molar-refractivity contribution in [3.63, 3.8) is 0 Å². The summed E-state index contributed by atoms with van der Waals surface area (Å²) in [5.74, 6) is 0. The van der Waals surface area contributed by atoms with Crippen LogP contribution in [-0.2, 0) is 0 Å². The maximum atomic E-state index is 2.27. The van der Waals surface area contributed by atoms with E-state index in [1.807, 2.05) is 0 Å². The number of hydrogen-bond donors (Lipinski definition) is 0. The molecular formula is C10H21N. The van der Waals surface area contributed by atoms with Gasteiger partial charge >= 0.3 is 0 Å². The van der Waals surface area contributed by atoms with Crippen molar-refractivity contribution in [2.24, 2.45) is 0 Å². The molecule has 0 aliphatic heterocycles. The van der Waals surface area contributed by atoms with Crippen molar-refractivity contribution in [3.8, 4) is 0 Å². The highest BCUT2D eigenvalue weighted by Crippen LogP contribution is 2.06. The standard InChI is InChI=1S/C10H21N/c1-5-7-9-10(8-6-2)11(3)4/h6,8,10H,5,7,9H2,1-4H3/b8-6-. The first-order valence-electron chi connectivity index (χ1n) is 4.51. The van der Waals surface area contributed by atoms with Gasteiger partial charge in [0.05, 0.1) is 0 Å². The quantitative estimate of drug-likeness (QED) is 0.552. The van der Waals surface area contributed by atoms with Crippen molar-refractivity contribution >= 4 is 0 Å². The molecule has 0 aromatic heterocycles. The van der Waals surface area contributed by atoms with E-state index < -0.39 is 0 Å². The normalized spacial score (nSPS) is 14.6. The molecule has 66 valence electrons. The van der Waals surface area contributed by atoms with Crippen LogP contribution in [0, 0.1) is 0 Å². The molecule has 0 spiro atoms. The zero-order chi connectivity index (χ0) is 8.69. The molecule has 0 aliphatic carbocycles. The maximum Gasteiger partial charge on any atom is 0.0271 e. The van der Waals surface area contributed by atoms with Gasteiger partial charge in [0.25, 0.3) is 0 Å². The molecular weight excluding hydrogens is 134 g/mol. The zero-order valence-corrected chi connectivity index (χ0v) is 8.30. The third-order valence-corrected chi connectivity index (χ3v) is 1.93. The third-order valence-electron chi connectivity index (χ3n) is 1.93. The van der Waals surface area contributed by atoms with Gasteiger partial charge in [-0.2, -0.15) is 0 Å². The van der Waals surface area contributed by atoms with Crippen molar-refractivity contribution in [1.29, 1.82) is 0 Å². The van der Waals surface area contributed by atoms with Crippen molar-refractivity contribution in [1.82, 2.24) is 4.90 Å². The molecule has 1 nitrogen and oxygen atoms in total. The van der Waals surface area contributed by atoms with E-state index in [9.17, 15) is 0 Å². The first-order valence-corrected chi connectivity index (χ1v) is 4.51. The summed E-state index contributed by atoms with van der Waals surface area (Å²) in [6, 6.07) is 0.639. The fourth-order valence-corrected chi connectivity index (χ4v) is 1.16. The number of nitrogens with zero attached hydrogens (tertiary/aromatic N) is 1. The van der Waals surface area contributed by atoms with E-state index in [0.29, 0.717) is 6.04 Å². The SMILES string of the molecule is C/C=C\C(CCCC)N(C)C. The molecule has 0 radical (unpaired) electrons. The molecule has 0 aromatic rings. The summed E-state index contributed by atoms with van der Waals surface area (Å²) in [7, 11) is 4.28. The average molecular weight is 155 g/mol. The number of rotatable bonds is 5. The predicted octanol–water partition coefficient (Wildman–Crippen LogP) is 2.68. The van der Waals surface area contributed by atoms with Crippen LogP contribution in [0.15, 0.2) is 12.2 Å². The van der Waals surface area contributed by atoms with E-state index in [0.717, 1.165) is 0 Å². The molecule has 1 heteroatoms. The maximum absolute atomic E-state index is 2.27. The molecule has 0 heterocycles. The van der Waals surface area contributed by atoms with Gasteiger partial charge in [-0.05, 0) is 27.4 Å². The van der Waals surface area contributed by atoms with Crippen LogP contribution >= 0.6 is 0 Å². The number of hydrogen-bond acceptors (Lipinski definition) is 1. The van der Waals surface area contributed by atoms with Gasteiger partial charge in [-0.3, -0.25) is 0 Å². The Labute approximate surface area is 71.1 Å². The summed E-state index contributed by atoms with van der Waals surface area (Å²) in [5.41, 5.74) is 0. The zero-order valence-electron chi connectivity index (χ0n) is 8.30. The van der Waals surface area contributed by atoms with Crippen molar-refractivity contribution < 1.29 is 0 Å². The van der Waals surface area contributed by atoms with Crippen molar-refractivity contribution in [2.75, 3.05) is 14.1 Å². The number of allylic oxidation sites excluding steroid dienone is 1. The highest BCUT2D eigenvalue weighted by Gasteiger charge is 2.04. The number of likely N-dealkylation sites (N-methyl/N-ethyl adjacent to an activating group) is 1. The minimum Gasteiger partial charge on any atom is -0.303 e. The lowest BCUT2D eigenvalue weighted by Crippen LogP contribution is -2.25. The molecule has 11 heavy (non-hydrogen) atoms. The lowest BCUT2D eigenvalue weighted by molar-refractivity contribution is 0.322. The fourth-order valence-electron chi connectivity index (χ4n) is 1.16. The molecule has 1 atom stereocenters. The Balaban J connectivity index is 3.70. The Kier molecular flexibility index (Phi) is 6.24. The number of unbranched alkanes of at least 4 members (excludes halogenated alkanes) is 1. The molecule has 1 unspecified atom stereocenters. The Morgan fingerprint density at radius 2 is 2.00 bits per heavy atom. The van der Waals surface area contributed by atoms with Crippen molar-refractivity contribution in [2.45, 2.75) is 39.2 Å². The van der Waals surface area contributed by atoms with Crippen molar-refractivity contribution in [3.05, 3.63) is 12.2 Å². The Bertz CT molecular complexity index is 105. The minimum atomic E-state index is 0.639. The fraction of sp³-hybridized carbons (Fsp3) is 0.800. The van der Waals surface area contributed by atoms with E-state index in [-0.39, 0.29) is 0 Å². The molecule has 0 aromatic carbocycles. The van der Waals surface area contributed by atoms with E-state index in [1.165, 1.54) is 19.3 Å². The van der Waals surface area contributed by atoms with Gasteiger partial charge in [0, 0.05) is 6.04 Å². The molecule has 0 aliphatic rings. The summed E-state index contributed by atoms with van der Waals surface area (Å²) >= 11 is 0. The Morgan fingerprint density at radius 3 is 2.36 bits per heavy atom. The van der Waals surface area contributed by atoms with Gasteiger partial charge in [-0.25, -0.2) is 0 Å². The highest BCUT2D eigenvalue weighted by atomic mass is 15.1. The summed E-state index contributed by atoms with van der Waals surface area (Å²) in [5, 5.41) is 0. The van der Waals surface area contributed by atoms with Gasteiger partial charge in [0.1, 0.15) is 0 Å². The van der Waals surface area contributed by atoms with Crippen LogP contribution < -0.4 is 0 Å². The van der Waals surface area contributed by atoms with Crippen LogP contribution in [0.1, 0.15) is 33.1 Å². The van der Waals surface area contributed by atoms with E-state index >= 15 is 0 Å². The lowest BCUT2D eigenvalue weighted by atomic mass is 10.1. The average Bonchev–Trinajstić information content (AvgIpc) is 1.97. The summed E-state index contributed by atoms with van der Waals surface area (Å²) in [4.78, 5) is 2.27. The molecule has 0 amide bonds. The second-order valence-corrected chi connectivity index (χ2v) is 3.20. The summed E-state index contributed by atoms with van der Waals surface area (Å²) in [6.45, 7) is 4.32. The third kappa shape index (κ3) is 5.02. The molecule has 0 fully saturated rings. The van der Waals surface area contributed by atoms with Crippen LogP contribution in [0.2, 0.25) is 0 Å². The van der Waals surface area contributed by atoms with Crippen LogP contribution in [0.25, 0.3) is 0 Å². The second kappa shape index (κ2) is 6.41. The molecule has 0 bridgehead atoms. The van der Waals surface area contributed by atoms with E-state index in [2.05, 4.69) is 45.0 Å². The van der Waals surface area contributed by atoms with Crippen LogP contribution in [-0.4, -0.2) is 25.0 Å². The minimum absolute atomic E-state index is 0.639. The van der Waals surface area contributed by atoms with Gasteiger partial charge in [-0.15, -0.1) is 0 Å². The van der Waals surface area contributed by atoms with E-state index in [1.54, 1.807) is 0 Å². The van der Waals surface area contributed by atoms with Gasteiger partial charge in [0.15, 0.2) is 0 Å². The largest absolute Gasteiger partial charge is 0.303 e. The highest BCUT2D eigenvalue weighted by molar-refractivity contribution is 4.90. The first-order chi connectivity index (χ1) is 5.22. The molecule has 0 saturated carbocycles. The monoisotopic (exact) mass is 155 g/mol. The topological polar surface area (TPSA) is 3.24 Å². The first kappa shape index (κ1) is 10.7. The smallest absolute Gasteiger partial charge is 0.0271 e. The molecule has 0 rings (SSSR count). The molecule has 0 saturated heterocycles. The Hall–Kier alpha value is -0.300. The lowest BCUT2D eigenvalue weighted by Gasteiger charge is -2.20. The van der Waals surface area contributed by atoms with Crippen LogP contribution in [0.4, 0.5) is 0 Å². The molecule has 0 N–H and O–H groups in total. The summed E-state index contributed by atoms with van der Waals surface area (Å²) in [6.07, 6.45) is 8.32. The second-order valence-electron chi connectivity index (χ2n) is 3.20. The Morgan fingerprint density at radius 1 is 1.36 bits per heavy atom.